The van der Waals surface area contributed by atoms with Crippen LogP contribution >= 0.6 is 0 Å². The smallest absolute Gasteiger partial charge is 0.244 e. The van der Waals surface area contributed by atoms with Gasteiger partial charge in [0.1, 0.15) is 17.4 Å². The molecule has 32 heavy (non-hydrogen) atoms. The molecule has 0 aromatic heterocycles. The Hall–Kier alpha value is -2.54. The lowest BCUT2D eigenvalue weighted by Gasteiger charge is -2.42. The van der Waals surface area contributed by atoms with Gasteiger partial charge in [-0.05, 0) is 44.4 Å². The number of amides is 1. The number of hydrogen-bond donors (Lipinski definition) is 1. The van der Waals surface area contributed by atoms with Crippen LogP contribution in [0.3, 0.4) is 0 Å². The van der Waals surface area contributed by atoms with E-state index in [9.17, 15) is 13.2 Å². The van der Waals surface area contributed by atoms with Gasteiger partial charge in [0.2, 0.25) is 15.9 Å². The highest BCUT2D eigenvalue weighted by molar-refractivity contribution is 7.92. The van der Waals surface area contributed by atoms with E-state index in [1.54, 1.807) is 12.1 Å². The molecule has 0 spiro atoms. The Kier molecular flexibility index (Phi) is 7.18. The molecule has 0 bridgehead atoms. The fourth-order valence-electron chi connectivity index (χ4n) is 4.45. The largest absolute Gasteiger partial charge is 0.487 e. The SMILES string of the molecule is CC[C@@H](C(=O)N[C@@H]1CC(CC)(CC)Oc2ccccc21)N(c1ccc(C)cc1)S(C)(=O)=O. The molecule has 0 saturated carbocycles. The normalized spacial score (nSPS) is 18.2. The fraction of sp³-hybridized carbons (Fsp3) is 0.480. The summed E-state index contributed by atoms with van der Waals surface area (Å²) in [5.74, 6) is 0.473. The number of rotatable bonds is 8. The van der Waals surface area contributed by atoms with Crippen molar-refractivity contribution in [2.24, 2.45) is 0 Å². The van der Waals surface area contributed by atoms with E-state index in [1.807, 2.05) is 50.2 Å². The lowest BCUT2D eigenvalue weighted by atomic mass is 9.83. The lowest BCUT2D eigenvalue weighted by Crippen LogP contribution is -2.52. The maximum Gasteiger partial charge on any atom is 0.244 e. The molecule has 0 fully saturated rings. The van der Waals surface area contributed by atoms with E-state index >= 15 is 0 Å². The number of carbonyl (C=O) groups is 1. The quantitative estimate of drug-likeness (QED) is 0.620. The second kappa shape index (κ2) is 9.53. The van der Waals surface area contributed by atoms with E-state index in [1.165, 1.54) is 4.31 Å². The number of fused-ring (bicyclic) bond motifs is 1. The topological polar surface area (TPSA) is 75.7 Å². The van der Waals surface area contributed by atoms with Crippen LogP contribution in [0.5, 0.6) is 5.75 Å². The summed E-state index contributed by atoms with van der Waals surface area (Å²) < 4.78 is 33.0. The van der Waals surface area contributed by atoms with E-state index < -0.39 is 16.1 Å². The predicted molar refractivity (Wildman–Crippen MR) is 128 cm³/mol. The number of carbonyl (C=O) groups excluding carboxylic acids is 1. The molecule has 1 N–H and O–H groups in total. The minimum atomic E-state index is -3.67. The number of para-hydroxylation sites is 1. The van der Waals surface area contributed by atoms with Crippen LogP contribution in [0.15, 0.2) is 48.5 Å². The molecule has 6 nitrogen and oxygen atoms in total. The van der Waals surface area contributed by atoms with Crippen LogP contribution in [-0.4, -0.2) is 32.2 Å². The number of benzene rings is 2. The first kappa shape index (κ1) is 24.1. The summed E-state index contributed by atoms with van der Waals surface area (Å²) in [4.78, 5) is 13.5. The molecular formula is C25H34N2O4S. The van der Waals surface area contributed by atoms with Gasteiger partial charge in [-0.25, -0.2) is 8.42 Å². The Morgan fingerprint density at radius 1 is 1.12 bits per heavy atom. The average Bonchev–Trinajstić information content (AvgIpc) is 2.77. The molecule has 2 atom stereocenters. The van der Waals surface area contributed by atoms with Crippen molar-refractivity contribution in [3.05, 3.63) is 59.7 Å². The number of hydrogen-bond acceptors (Lipinski definition) is 4. The molecule has 2 aromatic carbocycles. The Balaban J connectivity index is 1.95. The van der Waals surface area contributed by atoms with Gasteiger partial charge in [-0.2, -0.15) is 0 Å². The zero-order valence-corrected chi connectivity index (χ0v) is 20.4. The van der Waals surface area contributed by atoms with E-state index in [0.29, 0.717) is 18.5 Å². The number of nitrogens with one attached hydrogen (secondary N) is 1. The van der Waals surface area contributed by atoms with Crippen LogP contribution in [0.4, 0.5) is 5.69 Å². The number of ether oxygens (including phenoxy) is 1. The van der Waals surface area contributed by atoms with Crippen LogP contribution in [0.2, 0.25) is 0 Å². The number of aryl methyl sites for hydroxylation is 1. The van der Waals surface area contributed by atoms with Crippen molar-refractivity contribution in [2.45, 2.75) is 71.1 Å². The summed E-state index contributed by atoms with van der Waals surface area (Å²) in [7, 11) is -3.67. The van der Waals surface area contributed by atoms with Crippen molar-refractivity contribution < 1.29 is 17.9 Å². The first-order valence-corrected chi connectivity index (χ1v) is 13.1. The van der Waals surface area contributed by atoms with E-state index in [2.05, 4.69) is 19.2 Å². The Bertz CT molecular complexity index is 1050. The minimum absolute atomic E-state index is 0.249. The first-order valence-electron chi connectivity index (χ1n) is 11.3. The van der Waals surface area contributed by atoms with Crippen LogP contribution in [0.1, 0.15) is 63.6 Å². The van der Waals surface area contributed by atoms with Crippen molar-refractivity contribution in [3.63, 3.8) is 0 Å². The molecule has 0 unspecified atom stereocenters. The third kappa shape index (κ3) is 4.93. The van der Waals surface area contributed by atoms with E-state index in [-0.39, 0.29) is 17.6 Å². The van der Waals surface area contributed by atoms with Crippen molar-refractivity contribution in [3.8, 4) is 5.75 Å². The molecule has 1 heterocycles. The van der Waals surface area contributed by atoms with Gasteiger partial charge >= 0.3 is 0 Å². The molecule has 174 valence electrons. The van der Waals surface area contributed by atoms with Crippen LogP contribution in [0, 0.1) is 6.92 Å². The van der Waals surface area contributed by atoms with Crippen LogP contribution < -0.4 is 14.4 Å². The average molecular weight is 459 g/mol. The molecule has 1 aliphatic heterocycles. The van der Waals surface area contributed by atoms with Crippen molar-refractivity contribution in [1.82, 2.24) is 5.32 Å². The van der Waals surface area contributed by atoms with E-state index in [4.69, 9.17) is 4.74 Å². The molecule has 0 radical (unpaired) electrons. The van der Waals surface area contributed by atoms with Gasteiger partial charge < -0.3 is 10.1 Å². The molecule has 3 rings (SSSR count). The lowest BCUT2D eigenvalue weighted by molar-refractivity contribution is -0.123. The van der Waals surface area contributed by atoms with Crippen molar-refractivity contribution in [1.29, 1.82) is 0 Å². The molecule has 2 aromatic rings. The fourth-order valence-corrected chi connectivity index (χ4v) is 5.66. The highest BCUT2D eigenvalue weighted by Gasteiger charge is 2.40. The van der Waals surface area contributed by atoms with E-state index in [0.717, 1.165) is 36.0 Å². The second-order valence-electron chi connectivity index (χ2n) is 8.61. The van der Waals surface area contributed by atoms with Gasteiger partial charge in [-0.1, -0.05) is 56.7 Å². The predicted octanol–water partition coefficient (Wildman–Crippen LogP) is 4.74. The van der Waals surface area contributed by atoms with Gasteiger partial charge in [-0.15, -0.1) is 0 Å². The third-order valence-electron chi connectivity index (χ3n) is 6.42. The third-order valence-corrected chi connectivity index (χ3v) is 7.60. The second-order valence-corrected chi connectivity index (χ2v) is 10.5. The van der Waals surface area contributed by atoms with Crippen molar-refractivity contribution in [2.75, 3.05) is 10.6 Å². The Morgan fingerprint density at radius 2 is 1.75 bits per heavy atom. The van der Waals surface area contributed by atoms with Gasteiger partial charge in [0.25, 0.3) is 0 Å². The summed E-state index contributed by atoms with van der Waals surface area (Å²) in [6, 6.07) is 13.8. The highest BCUT2D eigenvalue weighted by Crippen LogP contribution is 2.42. The summed E-state index contributed by atoms with van der Waals surface area (Å²) in [6.07, 6.45) is 3.78. The number of anilines is 1. The summed E-state index contributed by atoms with van der Waals surface area (Å²) in [6.45, 7) is 7.95. The Labute approximate surface area is 192 Å². The monoisotopic (exact) mass is 458 g/mol. The standard InChI is InChI=1S/C25H34N2O4S/c1-6-22(27(32(5,29)30)19-15-13-18(4)14-16-19)24(28)26-21-17-25(7-2,8-3)31-23-12-10-9-11-20(21)23/h9-16,21-22H,6-8,17H2,1-5H3,(H,26,28)/t21-,22+/m1/s1. The summed E-state index contributed by atoms with van der Waals surface area (Å²) in [5.41, 5.74) is 2.08. The molecular weight excluding hydrogens is 424 g/mol. The number of sulfonamides is 1. The molecule has 7 heteroatoms. The van der Waals surface area contributed by atoms with Crippen LogP contribution in [0.25, 0.3) is 0 Å². The van der Waals surface area contributed by atoms with Gasteiger partial charge in [0, 0.05) is 12.0 Å². The zero-order valence-electron chi connectivity index (χ0n) is 19.6. The molecule has 0 saturated heterocycles. The van der Waals surface area contributed by atoms with Gasteiger partial charge in [0.15, 0.2) is 0 Å². The van der Waals surface area contributed by atoms with Crippen LogP contribution in [-0.2, 0) is 14.8 Å². The maximum absolute atomic E-state index is 13.5. The first-order chi connectivity index (χ1) is 15.1. The van der Waals surface area contributed by atoms with Crippen molar-refractivity contribution >= 4 is 21.6 Å². The maximum atomic E-state index is 13.5. The Morgan fingerprint density at radius 3 is 2.31 bits per heavy atom. The number of nitrogens with zero attached hydrogens (tertiary/aromatic N) is 1. The molecule has 1 aliphatic rings. The molecule has 1 amide bonds. The summed E-state index contributed by atoms with van der Waals surface area (Å²) in [5, 5.41) is 3.16. The molecule has 0 aliphatic carbocycles. The zero-order chi connectivity index (χ0) is 23.5. The highest BCUT2D eigenvalue weighted by atomic mass is 32.2. The van der Waals surface area contributed by atoms with Gasteiger partial charge in [-0.3, -0.25) is 9.10 Å². The minimum Gasteiger partial charge on any atom is -0.487 e. The van der Waals surface area contributed by atoms with Gasteiger partial charge in [0.05, 0.1) is 18.0 Å². The summed E-state index contributed by atoms with van der Waals surface area (Å²) >= 11 is 0.